The predicted molar refractivity (Wildman–Crippen MR) is 75.3 cm³/mol. The lowest BCUT2D eigenvalue weighted by Gasteiger charge is -2.05. The zero-order valence-electron chi connectivity index (χ0n) is 12.8. The first-order valence-electron chi connectivity index (χ1n) is 6.88. The molecule has 0 aliphatic heterocycles. The Morgan fingerprint density at radius 2 is 1.27 bits per heavy atom. The first kappa shape index (κ1) is 19.5. The van der Waals surface area contributed by atoms with Crippen LogP contribution < -0.4 is 0 Å². The van der Waals surface area contributed by atoms with Crippen LogP contribution in [0.5, 0.6) is 0 Å². The summed E-state index contributed by atoms with van der Waals surface area (Å²) in [6.45, 7) is 0.821. The maximum Gasteiger partial charge on any atom is 0.323 e. The Bertz CT molecular complexity index is 422. The van der Waals surface area contributed by atoms with E-state index in [2.05, 4.69) is 19.7 Å². The van der Waals surface area contributed by atoms with E-state index in [1.54, 1.807) is 0 Å². The van der Waals surface area contributed by atoms with Crippen LogP contribution in [-0.2, 0) is 19.1 Å². The lowest BCUT2D eigenvalue weighted by Crippen LogP contribution is -2.14. The van der Waals surface area contributed by atoms with Crippen molar-refractivity contribution in [3.63, 3.8) is 0 Å². The van der Waals surface area contributed by atoms with E-state index in [-0.39, 0.29) is 0 Å². The van der Waals surface area contributed by atoms with Crippen molar-refractivity contribution < 1.29 is 19.1 Å². The van der Waals surface area contributed by atoms with Crippen LogP contribution in [0.15, 0.2) is 10.2 Å². The van der Waals surface area contributed by atoms with E-state index in [4.69, 9.17) is 10.5 Å². The zero-order chi connectivity index (χ0) is 16.8. The van der Waals surface area contributed by atoms with E-state index in [9.17, 15) is 9.59 Å². The second-order valence-electron chi connectivity index (χ2n) is 4.42. The van der Waals surface area contributed by atoms with Crippen LogP contribution in [0.3, 0.4) is 0 Å². The highest BCUT2D eigenvalue weighted by Gasteiger charge is 2.18. The number of methoxy groups -OCH3 is 2. The van der Waals surface area contributed by atoms with Crippen LogP contribution in [0.4, 0.5) is 0 Å². The van der Waals surface area contributed by atoms with Gasteiger partial charge in [0.1, 0.15) is 11.8 Å². The number of nitriles is 2. The third-order valence-corrected chi connectivity index (χ3v) is 2.88. The zero-order valence-corrected chi connectivity index (χ0v) is 12.8. The molecule has 2 atom stereocenters. The summed E-state index contributed by atoms with van der Waals surface area (Å²) in [6.07, 6.45) is 1.86. The fourth-order valence-electron chi connectivity index (χ4n) is 1.63. The van der Waals surface area contributed by atoms with Gasteiger partial charge >= 0.3 is 11.9 Å². The molecule has 120 valence electrons. The van der Waals surface area contributed by atoms with Crippen molar-refractivity contribution in [1.29, 1.82) is 10.5 Å². The smallest absolute Gasteiger partial charge is 0.323 e. The molecule has 0 aliphatic carbocycles. The molecule has 0 saturated heterocycles. The molecule has 0 heterocycles. The van der Waals surface area contributed by atoms with Crippen molar-refractivity contribution in [3.05, 3.63) is 0 Å². The van der Waals surface area contributed by atoms with E-state index in [0.717, 1.165) is 0 Å². The summed E-state index contributed by atoms with van der Waals surface area (Å²) in [4.78, 5) is 22.3. The van der Waals surface area contributed by atoms with Crippen LogP contribution in [0, 0.1) is 34.5 Å². The van der Waals surface area contributed by atoms with Crippen LogP contribution in [0.1, 0.15) is 25.7 Å². The maximum absolute atomic E-state index is 11.2. The summed E-state index contributed by atoms with van der Waals surface area (Å²) >= 11 is 0. The first-order chi connectivity index (χ1) is 10.6. The highest BCUT2D eigenvalue weighted by molar-refractivity contribution is 5.75. The summed E-state index contributed by atoms with van der Waals surface area (Å²) < 4.78 is 8.99. The first-order valence-corrected chi connectivity index (χ1v) is 6.88. The number of hydrogen-bond acceptors (Lipinski definition) is 8. The van der Waals surface area contributed by atoms with E-state index in [0.29, 0.717) is 38.8 Å². The van der Waals surface area contributed by atoms with Gasteiger partial charge in [-0.1, -0.05) is 0 Å². The molecule has 0 bridgehead atoms. The van der Waals surface area contributed by atoms with Crippen LogP contribution in [0.2, 0.25) is 0 Å². The molecule has 0 radical (unpaired) electrons. The molecule has 0 rings (SSSR count). The number of esters is 2. The standard InChI is InChI=1S/C14H20N4O4/c1-21-13(19)11(9-15)5-3-7-17-18-8-4-6-12(10-16)14(20)22-2/h11-12H,3-8H2,1-2H3. The molecule has 8 heteroatoms. The molecular formula is C14H20N4O4. The third kappa shape index (κ3) is 7.95. The van der Waals surface area contributed by atoms with Gasteiger partial charge in [-0.2, -0.15) is 20.8 Å². The third-order valence-electron chi connectivity index (χ3n) is 2.88. The lowest BCUT2D eigenvalue weighted by molar-refractivity contribution is -0.144. The predicted octanol–water partition coefficient (Wildman–Crippen LogP) is 1.62. The Hall–Kier alpha value is -2.48. The summed E-state index contributed by atoms with van der Waals surface area (Å²) in [5.74, 6) is -2.61. The van der Waals surface area contributed by atoms with E-state index < -0.39 is 23.8 Å². The van der Waals surface area contributed by atoms with Gasteiger partial charge in [0.25, 0.3) is 0 Å². The van der Waals surface area contributed by atoms with E-state index in [1.807, 2.05) is 12.1 Å². The van der Waals surface area contributed by atoms with Crippen LogP contribution >= 0.6 is 0 Å². The fourth-order valence-corrected chi connectivity index (χ4v) is 1.63. The van der Waals surface area contributed by atoms with Gasteiger partial charge in [-0.3, -0.25) is 9.59 Å². The number of nitrogens with zero attached hydrogens (tertiary/aromatic N) is 4. The highest BCUT2D eigenvalue weighted by Crippen LogP contribution is 2.09. The van der Waals surface area contributed by atoms with Crippen LogP contribution in [0.25, 0.3) is 0 Å². The molecule has 0 fully saturated rings. The lowest BCUT2D eigenvalue weighted by atomic mass is 10.1. The monoisotopic (exact) mass is 308 g/mol. The van der Waals surface area contributed by atoms with Gasteiger partial charge in [-0.15, -0.1) is 0 Å². The van der Waals surface area contributed by atoms with Crippen molar-refractivity contribution in [2.75, 3.05) is 27.3 Å². The second kappa shape index (κ2) is 12.3. The average Bonchev–Trinajstić information content (AvgIpc) is 2.55. The number of carbonyl (C=O) groups excluding carboxylic acids is 2. The van der Waals surface area contributed by atoms with Crippen molar-refractivity contribution in [1.82, 2.24) is 0 Å². The second-order valence-corrected chi connectivity index (χ2v) is 4.42. The number of azo groups is 1. The van der Waals surface area contributed by atoms with Gasteiger partial charge in [-0.25, -0.2) is 0 Å². The molecule has 2 unspecified atom stereocenters. The average molecular weight is 308 g/mol. The Balaban J connectivity index is 3.81. The minimum Gasteiger partial charge on any atom is -0.468 e. The molecule has 0 aromatic heterocycles. The number of hydrogen-bond donors (Lipinski definition) is 0. The molecule has 22 heavy (non-hydrogen) atoms. The fraction of sp³-hybridized carbons (Fsp3) is 0.714. The molecular weight excluding hydrogens is 288 g/mol. The minimum absolute atomic E-state index is 0.376. The number of ether oxygens (including phenoxy) is 2. The Morgan fingerprint density at radius 3 is 1.55 bits per heavy atom. The molecule has 0 spiro atoms. The topological polar surface area (TPSA) is 125 Å². The van der Waals surface area contributed by atoms with Gasteiger partial charge in [0.2, 0.25) is 0 Å². The van der Waals surface area contributed by atoms with Crippen molar-refractivity contribution in [2.45, 2.75) is 25.7 Å². The Kier molecular flexibility index (Phi) is 10.9. The van der Waals surface area contributed by atoms with Crippen molar-refractivity contribution in [3.8, 4) is 12.1 Å². The quantitative estimate of drug-likeness (QED) is 0.343. The van der Waals surface area contributed by atoms with E-state index in [1.165, 1.54) is 14.2 Å². The van der Waals surface area contributed by atoms with Gasteiger partial charge in [0.15, 0.2) is 0 Å². The Morgan fingerprint density at radius 1 is 0.909 bits per heavy atom. The van der Waals surface area contributed by atoms with Crippen molar-refractivity contribution >= 4 is 11.9 Å². The largest absolute Gasteiger partial charge is 0.468 e. The van der Waals surface area contributed by atoms with Gasteiger partial charge in [0, 0.05) is 0 Å². The molecule has 0 amide bonds. The molecule has 0 saturated carbocycles. The van der Waals surface area contributed by atoms with Crippen LogP contribution in [-0.4, -0.2) is 39.2 Å². The summed E-state index contributed by atoms with van der Waals surface area (Å²) in [6, 6.07) is 3.76. The molecule has 0 N–H and O–H groups in total. The van der Waals surface area contributed by atoms with Crippen molar-refractivity contribution in [2.24, 2.45) is 22.1 Å². The Labute approximate surface area is 129 Å². The summed E-state index contributed by atoms with van der Waals surface area (Å²) in [5.41, 5.74) is 0. The summed E-state index contributed by atoms with van der Waals surface area (Å²) in [7, 11) is 2.49. The van der Waals surface area contributed by atoms with Gasteiger partial charge in [-0.05, 0) is 25.7 Å². The summed E-state index contributed by atoms with van der Waals surface area (Å²) in [5, 5.41) is 25.4. The molecule has 8 nitrogen and oxygen atoms in total. The maximum atomic E-state index is 11.2. The number of carbonyl (C=O) groups is 2. The van der Waals surface area contributed by atoms with Gasteiger partial charge < -0.3 is 9.47 Å². The molecule has 0 aromatic carbocycles. The minimum atomic E-state index is -0.767. The van der Waals surface area contributed by atoms with E-state index >= 15 is 0 Å². The highest BCUT2D eigenvalue weighted by atomic mass is 16.5. The number of rotatable bonds is 10. The SMILES string of the molecule is COC(=O)C(C#N)CCCN=NCCCC(C#N)C(=O)OC. The molecule has 0 aromatic rings. The molecule has 0 aliphatic rings. The normalized spacial score (nSPS) is 12.9. The van der Waals surface area contributed by atoms with Gasteiger partial charge in [0.05, 0.1) is 39.4 Å².